The molecule has 0 spiro atoms. The van der Waals surface area contributed by atoms with Crippen molar-refractivity contribution in [3.8, 4) is 24.3 Å². The molecule has 19 heavy (non-hydrogen) atoms. The van der Waals surface area contributed by atoms with Gasteiger partial charge in [-0.1, -0.05) is 31.2 Å². The maximum atomic E-state index is 9.54. The largest absolute Gasteiger partial charge is 0.196 e. The van der Waals surface area contributed by atoms with Gasteiger partial charge < -0.3 is 0 Å². The van der Waals surface area contributed by atoms with Gasteiger partial charge in [0.15, 0.2) is 10.8 Å². The average molecular weight is 248 g/mol. The fraction of sp³-hybridized carbons (Fsp3) is 0.467. The second-order valence-electron chi connectivity index (χ2n) is 5.14. The van der Waals surface area contributed by atoms with E-state index >= 15 is 0 Å². The predicted molar refractivity (Wildman–Crippen MR) is 66.4 cm³/mol. The van der Waals surface area contributed by atoms with Crippen LogP contribution in [0, 0.1) is 73.9 Å². The molecule has 0 heterocycles. The standard InChI is InChI=1S/C15H12N4/c1-11-4-2-3-5-12-6-13(11)15(9-18,10-19)14(12,7-16)8-17/h2-5,11-13H,6H2,1H3/t11-,12+,13-/m0/s1. The lowest BCUT2D eigenvalue weighted by molar-refractivity contribution is 0.233. The summed E-state index contributed by atoms with van der Waals surface area (Å²) in [5, 5.41) is 38.1. The molecule has 0 aliphatic heterocycles. The minimum atomic E-state index is -1.59. The molecule has 0 N–H and O–H groups in total. The molecule has 0 aromatic carbocycles. The van der Waals surface area contributed by atoms with E-state index in [1.807, 2.05) is 43.4 Å². The van der Waals surface area contributed by atoms with Gasteiger partial charge in [-0.3, -0.25) is 0 Å². The summed E-state index contributed by atoms with van der Waals surface area (Å²) >= 11 is 0. The van der Waals surface area contributed by atoms with E-state index in [-0.39, 0.29) is 17.8 Å². The molecule has 0 aromatic rings. The third kappa shape index (κ3) is 1.35. The van der Waals surface area contributed by atoms with Crippen LogP contribution in [0.5, 0.6) is 0 Å². The van der Waals surface area contributed by atoms with Crippen LogP contribution in [-0.2, 0) is 0 Å². The SMILES string of the molecule is C[C@H]1C=CC=C[C@@H]2C[C@@H]1C(C#N)(C#N)C2(C#N)C#N. The first-order valence-corrected chi connectivity index (χ1v) is 6.12. The molecule has 1 fully saturated rings. The van der Waals surface area contributed by atoms with E-state index in [2.05, 4.69) is 0 Å². The summed E-state index contributed by atoms with van der Waals surface area (Å²) in [7, 11) is 0. The maximum absolute atomic E-state index is 9.54. The van der Waals surface area contributed by atoms with Gasteiger partial charge in [-0.2, -0.15) is 21.0 Å². The van der Waals surface area contributed by atoms with Crippen molar-refractivity contribution < 1.29 is 0 Å². The molecule has 92 valence electrons. The summed E-state index contributed by atoms with van der Waals surface area (Å²) in [5.41, 5.74) is -3.16. The van der Waals surface area contributed by atoms with Crippen LogP contribution in [0.4, 0.5) is 0 Å². The van der Waals surface area contributed by atoms with Crippen molar-refractivity contribution >= 4 is 0 Å². The van der Waals surface area contributed by atoms with Gasteiger partial charge >= 0.3 is 0 Å². The lowest BCUT2D eigenvalue weighted by Gasteiger charge is -2.31. The minimum absolute atomic E-state index is 0.0182. The Kier molecular flexibility index (Phi) is 2.90. The van der Waals surface area contributed by atoms with Crippen LogP contribution in [0.2, 0.25) is 0 Å². The molecule has 0 aromatic heterocycles. The van der Waals surface area contributed by atoms with E-state index in [0.29, 0.717) is 6.42 Å². The van der Waals surface area contributed by atoms with E-state index < -0.39 is 10.8 Å². The maximum Gasteiger partial charge on any atom is 0.181 e. The van der Waals surface area contributed by atoms with Crippen molar-refractivity contribution in [3.05, 3.63) is 24.3 Å². The number of hydrogen-bond donors (Lipinski definition) is 0. The number of hydrogen-bond acceptors (Lipinski definition) is 4. The van der Waals surface area contributed by atoms with Crippen molar-refractivity contribution in [2.45, 2.75) is 13.3 Å². The fourth-order valence-electron chi connectivity index (χ4n) is 3.35. The van der Waals surface area contributed by atoms with Crippen LogP contribution >= 0.6 is 0 Å². The van der Waals surface area contributed by atoms with Crippen LogP contribution in [0.25, 0.3) is 0 Å². The molecular formula is C15H12N4. The Hall–Kier alpha value is -2.56. The summed E-state index contributed by atoms with van der Waals surface area (Å²) < 4.78 is 0. The molecule has 2 aliphatic rings. The van der Waals surface area contributed by atoms with Crippen LogP contribution in [0.15, 0.2) is 24.3 Å². The highest BCUT2D eigenvalue weighted by Gasteiger charge is 2.68. The molecule has 4 nitrogen and oxygen atoms in total. The molecular weight excluding hydrogens is 236 g/mol. The Bertz CT molecular complexity index is 586. The molecule has 3 atom stereocenters. The van der Waals surface area contributed by atoms with Crippen molar-refractivity contribution in [1.29, 1.82) is 21.0 Å². The van der Waals surface area contributed by atoms with Crippen molar-refractivity contribution in [1.82, 2.24) is 0 Å². The van der Waals surface area contributed by atoms with Gasteiger partial charge in [-0.15, -0.1) is 0 Å². The first-order valence-electron chi connectivity index (χ1n) is 6.12. The van der Waals surface area contributed by atoms with Gasteiger partial charge in [-0.05, 0) is 12.3 Å². The predicted octanol–water partition coefficient (Wildman–Crippen LogP) is 2.45. The zero-order valence-corrected chi connectivity index (χ0v) is 10.5. The summed E-state index contributed by atoms with van der Waals surface area (Å²) in [6, 6.07) is 7.97. The van der Waals surface area contributed by atoms with Gasteiger partial charge in [0.25, 0.3) is 0 Å². The molecule has 0 amide bonds. The molecule has 2 bridgehead atoms. The van der Waals surface area contributed by atoms with Crippen molar-refractivity contribution in [2.75, 3.05) is 0 Å². The Balaban J connectivity index is 2.77. The Morgan fingerprint density at radius 2 is 1.42 bits per heavy atom. The molecule has 2 aliphatic carbocycles. The average Bonchev–Trinajstić information content (AvgIpc) is 2.73. The van der Waals surface area contributed by atoms with Gasteiger partial charge in [0.2, 0.25) is 0 Å². The third-order valence-electron chi connectivity index (χ3n) is 4.45. The molecule has 2 rings (SSSR count). The van der Waals surface area contributed by atoms with Gasteiger partial charge in [0.05, 0.1) is 24.3 Å². The molecule has 0 radical (unpaired) electrons. The highest BCUT2D eigenvalue weighted by molar-refractivity contribution is 5.43. The third-order valence-corrected chi connectivity index (χ3v) is 4.45. The second-order valence-corrected chi connectivity index (χ2v) is 5.14. The Labute approximate surface area is 112 Å². The van der Waals surface area contributed by atoms with E-state index in [1.54, 1.807) is 12.2 Å². The topological polar surface area (TPSA) is 95.2 Å². The normalized spacial score (nSPS) is 33.0. The van der Waals surface area contributed by atoms with E-state index in [0.717, 1.165) is 0 Å². The summed E-state index contributed by atoms with van der Waals surface area (Å²) in [5.74, 6) is -0.692. The number of nitrogens with zero attached hydrogens (tertiary/aromatic N) is 4. The van der Waals surface area contributed by atoms with Crippen LogP contribution < -0.4 is 0 Å². The van der Waals surface area contributed by atoms with E-state index in [4.69, 9.17) is 0 Å². The van der Waals surface area contributed by atoms with Crippen LogP contribution in [0.3, 0.4) is 0 Å². The van der Waals surface area contributed by atoms with Crippen LogP contribution in [0.1, 0.15) is 13.3 Å². The number of rotatable bonds is 0. The second kappa shape index (κ2) is 4.28. The summed E-state index contributed by atoms with van der Waals surface area (Å²) in [6.07, 6.45) is 7.87. The lowest BCUT2D eigenvalue weighted by atomic mass is 9.61. The Morgan fingerprint density at radius 3 is 1.95 bits per heavy atom. The van der Waals surface area contributed by atoms with Gasteiger partial charge in [-0.25, -0.2) is 0 Å². The zero-order chi connectivity index (χ0) is 14.1. The first kappa shape index (κ1) is 12.9. The number of nitriles is 4. The minimum Gasteiger partial charge on any atom is -0.196 e. The van der Waals surface area contributed by atoms with Crippen molar-refractivity contribution in [2.24, 2.45) is 28.6 Å². The fourth-order valence-corrected chi connectivity index (χ4v) is 3.35. The number of fused-ring (bicyclic) bond motifs is 2. The summed E-state index contributed by atoms with van der Waals surface area (Å²) in [4.78, 5) is 0. The van der Waals surface area contributed by atoms with Gasteiger partial charge in [0, 0.05) is 11.8 Å². The smallest absolute Gasteiger partial charge is 0.181 e. The molecule has 1 saturated carbocycles. The quantitative estimate of drug-likeness (QED) is 0.657. The monoisotopic (exact) mass is 248 g/mol. The van der Waals surface area contributed by atoms with Crippen molar-refractivity contribution in [3.63, 3.8) is 0 Å². The van der Waals surface area contributed by atoms with Gasteiger partial charge in [0.1, 0.15) is 0 Å². The zero-order valence-electron chi connectivity index (χ0n) is 10.5. The lowest BCUT2D eigenvalue weighted by Crippen LogP contribution is -2.41. The molecule has 0 saturated heterocycles. The van der Waals surface area contributed by atoms with Crippen LogP contribution in [-0.4, -0.2) is 0 Å². The molecule has 0 unspecified atom stereocenters. The highest BCUT2D eigenvalue weighted by Crippen LogP contribution is 2.61. The number of allylic oxidation sites excluding steroid dienone is 4. The Morgan fingerprint density at radius 1 is 0.895 bits per heavy atom. The first-order chi connectivity index (χ1) is 9.11. The summed E-state index contributed by atoms with van der Waals surface area (Å²) in [6.45, 7) is 1.92. The van der Waals surface area contributed by atoms with E-state index in [9.17, 15) is 21.0 Å². The molecule has 4 heteroatoms. The highest BCUT2D eigenvalue weighted by atomic mass is 14.7. The van der Waals surface area contributed by atoms with E-state index in [1.165, 1.54) is 0 Å².